The van der Waals surface area contributed by atoms with E-state index in [4.69, 9.17) is 4.89 Å². The van der Waals surface area contributed by atoms with Crippen molar-refractivity contribution in [2.45, 2.75) is 6.42 Å². The largest absolute Gasteiger partial charge is 0.326 e. The van der Waals surface area contributed by atoms with E-state index in [0.717, 1.165) is 0 Å². The number of rotatable bonds is 4. The van der Waals surface area contributed by atoms with Gasteiger partial charge in [0.05, 0.1) is 12.9 Å². The average Bonchev–Trinajstić information content (AvgIpc) is 1.80. The molecule has 0 amide bonds. The Morgan fingerprint density at radius 2 is 2.44 bits per heavy atom. The van der Waals surface area contributed by atoms with Gasteiger partial charge in [0.2, 0.25) is 0 Å². The third-order valence-electron chi connectivity index (χ3n) is 0.599. The minimum absolute atomic E-state index is 0.0920. The SMILES string of the molecule is O=[PH](O)OCCC=CF. The van der Waals surface area contributed by atoms with Gasteiger partial charge in [0.1, 0.15) is 0 Å². The molecule has 0 aromatic heterocycles. The molecule has 0 bridgehead atoms. The quantitative estimate of drug-likeness (QED) is 0.489. The fourth-order valence-electron chi connectivity index (χ4n) is 0.277. The van der Waals surface area contributed by atoms with Crippen LogP contribution in [0.4, 0.5) is 4.39 Å². The maximum absolute atomic E-state index is 11.1. The molecule has 0 rings (SSSR count). The lowest BCUT2D eigenvalue weighted by Gasteiger charge is -1.92. The smallest absolute Gasteiger partial charge is 0.316 e. The van der Waals surface area contributed by atoms with E-state index in [0.29, 0.717) is 12.8 Å². The Labute approximate surface area is 53.1 Å². The third kappa shape index (κ3) is 7.82. The highest BCUT2D eigenvalue weighted by Crippen LogP contribution is 2.13. The molecule has 0 fully saturated rings. The first-order chi connectivity index (χ1) is 4.27. The normalized spacial score (nSPS) is 14.4. The summed E-state index contributed by atoms with van der Waals surface area (Å²) in [6.45, 7) is 0.0920. The van der Waals surface area contributed by atoms with Gasteiger partial charge < -0.3 is 9.42 Å². The predicted molar refractivity (Wildman–Crippen MR) is 32.0 cm³/mol. The van der Waals surface area contributed by atoms with E-state index in [-0.39, 0.29) is 6.61 Å². The van der Waals surface area contributed by atoms with E-state index >= 15 is 0 Å². The Kier molecular flexibility index (Phi) is 5.83. The summed E-state index contributed by atoms with van der Waals surface area (Å²) in [5.41, 5.74) is 0. The Balaban J connectivity index is 3.01. The van der Waals surface area contributed by atoms with E-state index < -0.39 is 8.25 Å². The molecule has 0 saturated carbocycles. The highest BCUT2D eigenvalue weighted by atomic mass is 31.1. The Bertz CT molecular complexity index is 114. The first-order valence-electron chi connectivity index (χ1n) is 2.38. The van der Waals surface area contributed by atoms with Crippen LogP contribution in [0.2, 0.25) is 0 Å². The lowest BCUT2D eigenvalue weighted by atomic mass is 10.5. The molecule has 0 aromatic carbocycles. The van der Waals surface area contributed by atoms with Crippen LogP contribution in [-0.2, 0) is 9.09 Å². The summed E-state index contributed by atoms with van der Waals surface area (Å²) in [4.78, 5) is 8.06. The monoisotopic (exact) mass is 154 g/mol. The second-order valence-electron chi connectivity index (χ2n) is 1.26. The lowest BCUT2D eigenvalue weighted by Crippen LogP contribution is -1.81. The van der Waals surface area contributed by atoms with Gasteiger partial charge >= 0.3 is 8.25 Å². The molecule has 3 nitrogen and oxygen atoms in total. The van der Waals surface area contributed by atoms with Crippen LogP contribution in [0.5, 0.6) is 0 Å². The van der Waals surface area contributed by atoms with Crippen LogP contribution >= 0.6 is 8.25 Å². The van der Waals surface area contributed by atoms with Crippen molar-refractivity contribution in [2.24, 2.45) is 0 Å². The predicted octanol–water partition coefficient (Wildman–Crippen LogP) is 1.26. The molecular formula is C4H8FO3P. The molecule has 1 unspecified atom stereocenters. The first-order valence-corrected chi connectivity index (χ1v) is 3.64. The zero-order valence-corrected chi connectivity index (χ0v) is 5.71. The van der Waals surface area contributed by atoms with E-state index in [9.17, 15) is 8.96 Å². The van der Waals surface area contributed by atoms with Gasteiger partial charge in [-0.3, -0.25) is 4.57 Å². The van der Waals surface area contributed by atoms with Crippen LogP contribution in [0.1, 0.15) is 6.42 Å². The first kappa shape index (κ1) is 8.82. The van der Waals surface area contributed by atoms with E-state index in [1.807, 2.05) is 0 Å². The molecule has 0 aliphatic rings. The fourth-order valence-corrected chi connectivity index (χ4v) is 0.570. The maximum Gasteiger partial charge on any atom is 0.316 e. The molecule has 0 spiro atoms. The second kappa shape index (κ2) is 5.95. The van der Waals surface area contributed by atoms with Crippen LogP contribution in [-0.4, -0.2) is 11.5 Å². The fraction of sp³-hybridized carbons (Fsp3) is 0.500. The minimum Gasteiger partial charge on any atom is -0.326 e. The Morgan fingerprint density at radius 1 is 1.78 bits per heavy atom. The molecule has 54 valence electrons. The van der Waals surface area contributed by atoms with Gasteiger partial charge in [-0.2, -0.15) is 0 Å². The van der Waals surface area contributed by atoms with Crippen molar-refractivity contribution in [3.05, 3.63) is 12.4 Å². The summed E-state index contributed by atoms with van der Waals surface area (Å²) in [5.74, 6) is 0. The molecule has 0 aromatic rings. The molecule has 0 aliphatic heterocycles. The van der Waals surface area contributed by atoms with Gasteiger partial charge in [0.25, 0.3) is 0 Å². The van der Waals surface area contributed by atoms with Gasteiger partial charge in [-0.05, 0) is 6.42 Å². The van der Waals surface area contributed by atoms with Crippen molar-refractivity contribution in [1.82, 2.24) is 0 Å². The Hall–Kier alpha value is -0.180. The highest BCUT2D eigenvalue weighted by Gasteiger charge is 1.87. The zero-order chi connectivity index (χ0) is 7.11. The van der Waals surface area contributed by atoms with Gasteiger partial charge in [-0.25, -0.2) is 4.39 Å². The van der Waals surface area contributed by atoms with Crippen molar-refractivity contribution >= 4 is 8.25 Å². The standard InChI is InChI=1S/C4H8FO3P/c5-3-1-2-4-8-9(6)7/h1,3,9H,2,4H2,(H,6,7). The van der Waals surface area contributed by atoms with Gasteiger partial charge in [0, 0.05) is 0 Å². The summed E-state index contributed by atoms with van der Waals surface area (Å²) in [7, 11) is -2.82. The molecule has 0 radical (unpaired) electrons. The molecule has 0 heterocycles. The molecule has 5 heteroatoms. The summed E-state index contributed by atoms with van der Waals surface area (Å²) >= 11 is 0. The minimum atomic E-state index is -2.82. The van der Waals surface area contributed by atoms with Crippen LogP contribution in [0.15, 0.2) is 12.4 Å². The van der Waals surface area contributed by atoms with E-state index in [1.165, 1.54) is 6.08 Å². The van der Waals surface area contributed by atoms with E-state index in [2.05, 4.69) is 4.52 Å². The van der Waals surface area contributed by atoms with Gasteiger partial charge in [-0.15, -0.1) is 0 Å². The lowest BCUT2D eigenvalue weighted by molar-refractivity contribution is 0.287. The number of hydrogen-bond acceptors (Lipinski definition) is 2. The molecular weight excluding hydrogens is 146 g/mol. The summed E-state index contributed by atoms with van der Waals surface area (Å²) in [6.07, 6.45) is 1.91. The van der Waals surface area contributed by atoms with Crippen molar-refractivity contribution < 1.29 is 18.4 Å². The van der Waals surface area contributed by atoms with Crippen LogP contribution in [0.25, 0.3) is 0 Å². The van der Waals surface area contributed by atoms with Crippen molar-refractivity contribution in [3.8, 4) is 0 Å². The van der Waals surface area contributed by atoms with E-state index in [1.54, 1.807) is 0 Å². The molecule has 0 saturated heterocycles. The molecule has 0 aliphatic carbocycles. The third-order valence-corrected chi connectivity index (χ3v) is 1.05. The summed E-state index contributed by atoms with van der Waals surface area (Å²) in [5, 5.41) is 0. The van der Waals surface area contributed by atoms with Crippen molar-refractivity contribution in [2.75, 3.05) is 6.61 Å². The topological polar surface area (TPSA) is 46.5 Å². The Morgan fingerprint density at radius 3 is 2.89 bits per heavy atom. The maximum atomic E-state index is 11.1. The number of hydrogen-bond donors (Lipinski definition) is 1. The van der Waals surface area contributed by atoms with Crippen molar-refractivity contribution in [1.29, 1.82) is 0 Å². The summed E-state index contributed by atoms with van der Waals surface area (Å²) in [6, 6.07) is 0. The van der Waals surface area contributed by atoms with Gasteiger partial charge in [-0.1, -0.05) is 6.08 Å². The highest BCUT2D eigenvalue weighted by molar-refractivity contribution is 7.32. The summed E-state index contributed by atoms with van der Waals surface area (Å²) < 4.78 is 25.2. The van der Waals surface area contributed by atoms with Crippen LogP contribution < -0.4 is 0 Å². The van der Waals surface area contributed by atoms with Crippen LogP contribution in [0.3, 0.4) is 0 Å². The average molecular weight is 154 g/mol. The zero-order valence-electron chi connectivity index (χ0n) is 4.71. The number of halogens is 1. The molecule has 1 atom stereocenters. The van der Waals surface area contributed by atoms with Crippen molar-refractivity contribution in [3.63, 3.8) is 0 Å². The van der Waals surface area contributed by atoms with Gasteiger partial charge in [0.15, 0.2) is 0 Å². The van der Waals surface area contributed by atoms with Crippen LogP contribution in [0, 0.1) is 0 Å². The molecule has 9 heavy (non-hydrogen) atoms. The molecule has 1 N–H and O–H groups in total. The second-order valence-corrected chi connectivity index (χ2v) is 2.09.